The summed E-state index contributed by atoms with van der Waals surface area (Å²) in [4.78, 5) is 22.9. The number of benzene rings is 1. The largest absolute Gasteiger partial charge is 0.495 e. The number of dihydropyridines is 1. The summed E-state index contributed by atoms with van der Waals surface area (Å²) in [6.45, 7) is 2.34. The number of hydrazine groups is 1. The van der Waals surface area contributed by atoms with E-state index >= 15 is 0 Å². The fourth-order valence-electron chi connectivity index (χ4n) is 3.64. The molecule has 1 saturated heterocycles. The van der Waals surface area contributed by atoms with E-state index in [1.807, 2.05) is 5.01 Å². The van der Waals surface area contributed by atoms with E-state index in [0.29, 0.717) is 38.0 Å². The molecular formula is C25H30F2N6O4S. The maximum atomic E-state index is 13.6. The Morgan fingerprint density at radius 1 is 1.34 bits per heavy atom. The third-order valence-electron chi connectivity index (χ3n) is 5.79. The highest BCUT2D eigenvalue weighted by Crippen LogP contribution is 2.33. The molecule has 1 aromatic carbocycles. The second kappa shape index (κ2) is 13.1. The Hall–Kier alpha value is -3.15. The molecule has 0 spiro atoms. The lowest BCUT2D eigenvalue weighted by molar-refractivity contribution is -0.0614. The molecule has 0 bridgehead atoms. The highest BCUT2D eigenvalue weighted by Gasteiger charge is 2.27. The minimum atomic E-state index is -2.69. The van der Waals surface area contributed by atoms with Crippen LogP contribution < -0.4 is 27.2 Å². The van der Waals surface area contributed by atoms with Crippen LogP contribution in [0.5, 0.6) is 5.75 Å². The van der Waals surface area contributed by atoms with Crippen LogP contribution in [0.2, 0.25) is 0 Å². The van der Waals surface area contributed by atoms with Crippen LogP contribution in [0, 0.1) is 17.8 Å². The van der Waals surface area contributed by atoms with Gasteiger partial charge < -0.3 is 31.1 Å². The van der Waals surface area contributed by atoms with Crippen LogP contribution in [0.25, 0.3) is 5.57 Å². The van der Waals surface area contributed by atoms with E-state index in [1.54, 1.807) is 12.1 Å². The molecule has 0 aromatic heterocycles. The molecule has 3 aliphatic rings. The number of thioether (sulfide) groups is 1. The first kappa shape index (κ1) is 27.9. The van der Waals surface area contributed by atoms with Crippen LogP contribution in [-0.2, 0) is 9.47 Å². The lowest BCUT2D eigenvalue weighted by Gasteiger charge is -2.27. The first-order valence-electron chi connectivity index (χ1n) is 12.1. The second-order valence-electron chi connectivity index (χ2n) is 8.68. The van der Waals surface area contributed by atoms with Gasteiger partial charge in [0.1, 0.15) is 22.9 Å². The molecule has 1 aliphatic carbocycles. The van der Waals surface area contributed by atoms with Gasteiger partial charge in [-0.3, -0.25) is 4.79 Å². The highest BCUT2D eigenvalue weighted by atomic mass is 32.2. The van der Waals surface area contributed by atoms with Crippen LogP contribution in [0.1, 0.15) is 28.8 Å². The van der Waals surface area contributed by atoms with Gasteiger partial charge in [-0.05, 0) is 37.1 Å². The molecule has 1 aromatic rings. The van der Waals surface area contributed by atoms with Gasteiger partial charge in [0.05, 0.1) is 25.9 Å². The van der Waals surface area contributed by atoms with Crippen LogP contribution in [0.4, 0.5) is 8.78 Å². The summed E-state index contributed by atoms with van der Waals surface area (Å²) in [5.74, 6) is 6.25. The molecule has 6 N–H and O–H groups in total. The number of amides is 1. The van der Waals surface area contributed by atoms with Crippen molar-refractivity contribution in [3.05, 3.63) is 47.4 Å². The molecule has 1 amide bonds. The summed E-state index contributed by atoms with van der Waals surface area (Å²) in [7, 11) is 1.41. The normalized spacial score (nSPS) is 21.0. The smallest absolute Gasteiger partial charge is 0.280 e. The van der Waals surface area contributed by atoms with Crippen molar-refractivity contribution >= 4 is 28.4 Å². The van der Waals surface area contributed by atoms with Crippen molar-refractivity contribution in [3.63, 3.8) is 0 Å². The third kappa shape index (κ3) is 7.68. The van der Waals surface area contributed by atoms with E-state index in [2.05, 4.69) is 27.7 Å². The van der Waals surface area contributed by atoms with Gasteiger partial charge in [0.2, 0.25) is 0 Å². The number of ether oxygens (including phenoxy) is 2. The van der Waals surface area contributed by atoms with Crippen LogP contribution in [0.3, 0.4) is 0 Å². The number of carbonyl (C=O) groups excluding carboxylic acids is 1. The summed E-state index contributed by atoms with van der Waals surface area (Å²) in [5.41, 5.74) is 15.5. The number of amidine groups is 1. The number of allylic oxidation sites excluding steroid dienone is 1. The number of rotatable bonds is 8. The topological polar surface area (TPSA) is 136 Å². The molecule has 4 rings (SSSR count). The van der Waals surface area contributed by atoms with Gasteiger partial charge in [0.15, 0.2) is 5.17 Å². The number of halogens is 2. The van der Waals surface area contributed by atoms with E-state index in [9.17, 15) is 13.6 Å². The Balaban J connectivity index is 1.61. The zero-order valence-electron chi connectivity index (χ0n) is 20.8. The summed E-state index contributed by atoms with van der Waals surface area (Å²) >= 11 is 0.971. The number of alkyl halides is 2. The molecule has 2 aliphatic heterocycles. The Bertz CT molecular complexity index is 1170. The SMILES string of the molecule is COC1=CNC(C(F)F)C=C1c1cc(ONN2CCOCC2)ccc1C(=O)N=C(N)SC(N)C#CC1CC1. The van der Waals surface area contributed by atoms with E-state index in [4.69, 9.17) is 25.8 Å². The summed E-state index contributed by atoms with van der Waals surface area (Å²) in [5, 5.41) is 3.74. The number of nitrogens with two attached hydrogens (primary N) is 2. The molecule has 0 radical (unpaired) electrons. The van der Waals surface area contributed by atoms with Gasteiger partial charge in [-0.25, -0.2) is 13.8 Å². The van der Waals surface area contributed by atoms with Gasteiger partial charge in [-0.1, -0.05) is 29.2 Å². The van der Waals surface area contributed by atoms with Crippen LogP contribution >= 0.6 is 11.8 Å². The minimum Gasteiger partial charge on any atom is -0.495 e. The van der Waals surface area contributed by atoms with Crippen molar-refractivity contribution in [1.29, 1.82) is 0 Å². The number of morpholine rings is 1. The van der Waals surface area contributed by atoms with E-state index < -0.39 is 23.7 Å². The lowest BCUT2D eigenvalue weighted by Crippen LogP contribution is -2.47. The molecular weight excluding hydrogens is 518 g/mol. The Labute approximate surface area is 223 Å². The van der Waals surface area contributed by atoms with Crippen molar-refractivity contribution in [2.75, 3.05) is 33.4 Å². The molecule has 204 valence electrons. The Kier molecular flexibility index (Phi) is 9.59. The molecule has 2 atom stereocenters. The number of nitrogens with zero attached hydrogens (tertiary/aromatic N) is 2. The summed E-state index contributed by atoms with van der Waals surface area (Å²) in [6.07, 6.45) is 2.08. The van der Waals surface area contributed by atoms with Gasteiger partial charge in [-0.2, -0.15) is 4.99 Å². The van der Waals surface area contributed by atoms with Crippen molar-refractivity contribution in [2.45, 2.75) is 30.7 Å². The number of nitrogens with one attached hydrogen (secondary N) is 2. The predicted octanol–water partition coefficient (Wildman–Crippen LogP) is 1.81. The highest BCUT2D eigenvalue weighted by molar-refractivity contribution is 8.14. The standard InChI is InChI=1S/C25H30F2N6O4S/c1-35-21-14-30-20(23(26)27)13-19(21)18-12-16(37-32-33-8-10-36-11-9-33)5-6-17(18)24(34)31-25(29)38-22(28)7-4-15-2-3-15/h5-6,12-15,20,22-23,30,32H,2-3,8-11,28H2,1H3,(H2,29,31,34). The molecule has 1 saturated carbocycles. The molecule has 2 unspecified atom stereocenters. The fraction of sp³-hybridized carbons (Fsp3) is 0.440. The van der Waals surface area contributed by atoms with Gasteiger partial charge in [0.25, 0.3) is 12.3 Å². The van der Waals surface area contributed by atoms with Gasteiger partial charge in [0, 0.05) is 36.3 Å². The lowest BCUT2D eigenvalue weighted by atomic mass is 9.94. The van der Waals surface area contributed by atoms with E-state index in [-0.39, 0.29) is 27.6 Å². The van der Waals surface area contributed by atoms with E-state index in [0.717, 1.165) is 24.6 Å². The quantitative estimate of drug-likeness (QED) is 0.125. The van der Waals surface area contributed by atoms with Crippen molar-refractivity contribution in [2.24, 2.45) is 22.4 Å². The number of methoxy groups -OCH3 is 1. The molecule has 2 fully saturated rings. The molecule has 10 nitrogen and oxygen atoms in total. The van der Waals surface area contributed by atoms with Crippen LogP contribution in [-0.4, -0.2) is 67.3 Å². The van der Waals surface area contributed by atoms with Crippen LogP contribution in [0.15, 0.2) is 41.2 Å². The average Bonchev–Trinajstić information content (AvgIpc) is 3.75. The predicted molar refractivity (Wildman–Crippen MR) is 141 cm³/mol. The zero-order chi connectivity index (χ0) is 27.1. The van der Waals surface area contributed by atoms with Crippen molar-refractivity contribution in [3.8, 4) is 17.6 Å². The molecule has 13 heteroatoms. The van der Waals surface area contributed by atoms with Crippen molar-refractivity contribution < 1.29 is 27.9 Å². The molecule has 2 heterocycles. The average molecular weight is 549 g/mol. The summed E-state index contributed by atoms with van der Waals surface area (Å²) < 4.78 is 37.8. The number of hydrogen-bond acceptors (Lipinski definition) is 9. The zero-order valence-corrected chi connectivity index (χ0v) is 21.6. The molecule has 38 heavy (non-hydrogen) atoms. The number of carbonyl (C=O) groups is 1. The maximum absolute atomic E-state index is 13.6. The van der Waals surface area contributed by atoms with Gasteiger partial charge in [-0.15, -0.1) is 0 Å². The third-order valence-corrected chi connectivity index (χ3v) is 6.50. The van der Waals surface area contributed by atoms with E-state index in [1.165, 1.54) is 25.5 Å². The second-order valence-corrected chi connectivity index (χ2v) is 9.84. The first-order chi connectivity index (χ1) is 18.3. The first-order valence-corrected chi connectivity index (χ1v) is 12.9. The minimum absolute atomic E-state index is 0.0555. The fourth-order valence-corrected chi connectivity index (χ4v) is 4.16. The summed E-state index contributed by atoms with van der Waals surface area (Å²) in [6, 6.07) is 3.34. The van der Waals surface area contributed by atoms with Crippen molar-refractivity contribution in [1.82, 2.24) is 15.9 Å². The maximum Gasteiger partial charge on any atom is 0.280 e. The monoisotopic (exact) mass is 548 g/mol. The Morgan fingerprint density at radius 2 is 2.11 bits per heavy atom. The number of aliphatic imine (C=N–C) groups is 1. The number of hydrogen-bond donors (Lipinski definition) is 4. The Morgan fingerprint density at radius 3 is 2.79 bits per heavy atom. The van der Waals surface area contributed by atoms with Gasteiger partial charge >= 0.3 is 0 Å².